The molecule has 3 nitrogen and oxygen atoms in total. The lowest BCUT2D eigenvalue weighted by Gasteiger charge is -2.17. The van der Waals surface area contributed by atoms with Gasteiger partial charge in [0, 0.05) is 17.5 Å². The molecule has 0 spiro atoms. The van der Waals surface area contributed by atoms with Gasteiger partial charge < -0.3 is 5.21 Å². The van der Waals surface area contributed by atoms with Crippen LogP contribution in [0.4, 0.5) is 0 Å². The normalized spacial score (nSPS) is 18.6. The van der Waals surface area contributed by atoms with Gasteiger partial charge in [-0.25, -0.2) is 0 Å². The molecule has 84 valence electrons. The third-order valence-electron chi connectivity index (χ3n) is 3.02. The number of nitrogens with zero attached hydrogens (tertiary/aromatic N) is 2. The van der Waals surface area contributed by atoms with E-state index in [4.69, 9.17) is 5.21 Å². The molecule has 1 aliphatic carbocycles. The minimum Gasteiger partial charge on any atom is -0.411 e. The van der Waals surface area contributed by atoms with E-state index in [0.29, 0.717) is 0 Å². The number of pyridine rings is 1. The fraction of sp³-hybridized carbons (Fsp3) is 0.385. The molecule has 1 heterocycles. The Labute approximate surface area is 95.5 Å². The first-order valence-electron chi connectivity index (χ1n) is 5.56. The zero-order chi connectivity index (χ0) is 11.5. The Hall–Kier alpha value is -1.64. The summed E-state index contributed by atoms with van der Waals surface area (Å²) in [6.07, 6.45) is 6.75. The van der Waals surface area contributed by atoms with Crippen LogP contribution in [0.5, 0.6) is 0 Å². The summed E-state index contributed by atoms with van der Waals surface area (Å²) in [7, 11) is 0. The molecule has 2 rings (SSSR count). The topological polar surface area (TPSA) is 45.5 Å². The second kappa shape index (κ2) is 4.47. The summed E-state index contributed by atoms with van der Waals surface area (Å²) >= 11 is 0. The molecule has 0 aliphatic heterocycles. The first-order chi connectivity index (χ1) is 7.72. The molecule has 0 unspecified atom stereocenters. The second-order valence-corrected chi connectivity index (χ2v) is 4.20. The van der Waals surface area contributed by atoms with E-state index in [0.717, 1.165) is 30.7 Å². The molecule has 0 atom stereocenters. The summed E-state index contributed by atoms with van der Waals surface area (Å²) in [4.78, 5) is 4.32. The van der Waals surface area contributed by atoms with Crippen molar-refractivity contribution >= 4 is 11.3 Å². The Balaban J connectivity index is 2.48. The van der Waals surface area contributed by atoms with E-state index in [1.54, 1.807) is 0 Å². The summed E-state index contributed by atoms with van der Waals surface area (Å²) in [6, 6.07) is 2.02. The van der Waals surface area contributed by atoms with Crippen LogP contribution in [0.3, 0.4) is 0 Å². The fourth-order valence-electron chi connectivity index (χ4n) is 2.26. The SMILES string of the molecule is Cc1ccnc(C)c1C1=C/C(=N/O)CCC1. The summed E-state index contributed by atoms with van der Waals surface area (Å²) < 4.78 is 0. The van der Waals surface area contributed by atoms with Crippen molar-refractivity contribution in [2.45, 2.75) is 33.1 Å². The highest BCUT2D eigenvalue weighted by atomic mass is 16.4. The van der Waals surface area contributed by atoms with Crippen LogP contribution in [0.1, 0.15) is 36.1 Å². The van der Waals surface area contributed by atoms with Crippen LogP contribution in [0.25, 0.3) is 5.57 Å². The molecule has 1 aliphatic rings. The first-order valence-corrected chi connectivity index (χ1v) is 5.56. The molecule has 1 aromatic rings. The molecule has 0 saturated carbocycles. The van der Waals surface area contributed by atoms with Gasteiger partial charge in [0.05, 0.1) is 5.71 Å². The number of aryl methyl sites for hydroxylation is 2. The van der Waals surface area contributed by atoms with Crippen molar-refractivity contribution in [1.29, 1.82) is 0 Å². The van der Waals surface area contributed by atoms with Gasteiger partial charge in [-0.15, -0.1) is 0 Å². The van der Waals surface area contributed by atoms with Crippen molar-refractivity contribution in [3.63, 3.8) is 0 Å². The summed E-state index contributed by atoms with van der Waals surface area (Å²) in [5, 5.41) is 12.1. The highest BCUT2D eigenvalue weighted by molar-refractivity contribution is 6.02. The minimum absolute atomic E-state index is 0.768. The van der Waals surface area contributed by atoms with Gasteiger partial charge in [-0.2, -0.15) is 0 Å². The van der Waals surface area contributed by atoms with Crippen LogP contribution < -0.4 is 0 Å². The van der Waals surface area contributed by atoms with Gasteiger partial charge in [-0.05, 0) is 56.4 Å². The number of rotatable bonds is 1. The largest absolute Gasteiger partial charge is 0.411 e. The quantitative estimate of drug-likeness (QED) is 0.579. The third-order valence-corrected chi connectivity index (χ3v) is 3.02. The Kier molecular flexibility index (Phi) is 3.04. The Morgan fingerprint density at radius 3 is 2.81 bits per heavy atom. The van der Waals surface area contributed by atoms with E-state index >= 15 is 0 Å². The molecule has 0 amide bonds. The number of oxime groups is 1. The molecule has 0 bridgehead atoms. The number of hydrogen-bond acceptors (Lipinski definition) is 3. The predicted molar refractivity (Wildman–Crippen MR) is 64.8 cm³/mol. The van der Waals surface area contributed by atoms with E-state index in [-0.39, 0.29) is 0 Å². The number of hydrogen-bond donors (Lipinski definition) is 1. The predicted octanol–water partition coefficient (Wildman–Crippen LogP) is 3.10. The van der Waals surface area contributed by atoms with Crippen LogP contribution in [-0.2, 0) is 0 Å². The lowest BCUT2D eigenvalue weighted by Crippen LogP contribution is -2.05. The zero-order valence-corrected chi connectivity index (χ0v) is 9.70. The molecular weight excluding hydrogens is 200 g/mol. The molecule has 0 fully saturated rings. The van der Waals surface area contributed by atoms with Gasteiger partial charge in [-0.1, -0.05) is 5.16 Å². The highest BCUT2D eigenvalue weighted by Gasteiger charge is 2.14. The molecule has 1 N–H and O–H groups in total. The van der Waals surface area contributed by atoms with Crippen molar-refractivity contribution in [2.75, 3.05) is 0 Å². The molecule has 0 aromatic carbocycles. The summed E-state index contributed by atoms with van der Waals surface area (Å²) in [5.41, 5.74) is 5.50. The lowest BCUT2D eigenvalue weighted by atomic mass is 9.90. The Morgan fingerprint density at radius 2 is 2.12 bits per heavy atom. The van der Waals surface area contributed by atoms with Crippen LogP contribution in [-0.4, -0.2) is 15.9 Å². The van der Waals surface area contributed by atoms with E-state index in [1.165, 1.54) is 16.7 Å². The van der Waals surface area contributed by atoms with Crippen molar-refractivity contribution in [1.82, 2.24) is 4.98 Å². The fourth-order valence-corrected chi connectivity index (χ4v) is 2.26. The number of aromatic nitrogens is 1. The standard InChI is InChI=1S/C13H16N2O/c1-9-6-7-14-10(2)13(9)11-4-3-5-12(8-11)15-16/h6-8,16H,3-5H2,1-2H3/b15-12+. The third kappa shape index (κ3) is 1.98. The Morgan fingerprint density at radius 1 is 1.31 bits per heavy atom. The maximum atomic E-state index is 8.82. The average Bonchev–Trinajstić information content (AvgIpc) is 2.29. The monoisotopic (exact) mass is 216 g/mol. The molecule has 0 saturated heterocycles. The lowest BCUT2D eigenvalue weighted by molar-refractivity contribution is 0.318. The zero-order valence-electron chi connectivity index (χ0n) is 9.70. The van der Waals surface area contributed by atoms with Crippen molar-refractivity contribution in [2.24, 2.45) is 5.16 Å². The van der Waals surface area contributed by atoms with E-state index in [9.17, 15) is 0 Å². The van der Waals surface area contributed by atoms with Gasteiger partial charge in [0.2, 0.25) is 0 Å². The Bertz CT molecular complexity index is 441. The second-order valence-electron chi connectivity index (χ2n) is 4.20. The maximum absolute atomic E-state index is 8.82. The van der Waals surface area contributed by atoms with E-state index < -0.39 is 0 Å². The summed E-state index contributed by atoms with van der Waals surface area (Å²) in [5.74, 6) is 0. The molecule has 0 radical (unpaired) electrons. The summed E-state index contributed by atoms with van der Waals surface area (Å²) in [6.45, 7) is 4.11. The van der Waals surface area contributed by atoms with Crippen LogP contribution in [0.15, 0.2) is 23.5 Å². The van der Waals surface area contributed by atoms with Gasteiger partial charge in [0.1, 0.15) is 0 Å². The van der Waals surface area contributed by atoms with Crippen LogP contribution >= 0.6 is 0 Å². The highest BCUT2D eigenvalue weighted by Crippen LogP contribution is 2.29. The molecule has 3 heteroatoms. The molecule has 1 aromatic heterocycles. The van der Waals surface area contributed by atoms with Gasteiger partial charge in [0.25, 0.3) is 0 Å². The van der Waals surface area contributed by atoms with Crippen LogP contribution in [0.2, 0.25) is 0 Å². The van der Waals surface area contributed by atoms with E-state index in [1.807, 2.05) is 25.3 Å². The minimum atomic E-state index is 0.768. The molecular formula is C13H16N2O. The number of allylic oxidation sites excluding steroid dienone is 2. The average molecular weight is 216 g/mol. The van der Waals surface area contributed by atoms with Crippen molar-refractivity contribution in [3.8, 4) is 0 Å². The van der Waals surface area contributed by atoms with E-state index in [2.05, 4.69) is 17.1 Å². The smallest absolute Gasteiger partial charge is 0.0798 e. The maximum Gasteiger partial charge on any atom is 0.0798 e. The van der Waals surface area contributed by atoms with Gasteiger partial charge in [-0.3, -0.25) is 4.98 Å². The van der Waals surface area contributed by atoms with Crippen LogP contribution in [0, 0.1) is 13.8 Å². The molecule has 16 heavy (non-hydrogen) atoms. The van der Waals surface area contributed by atoms with Gasteiger partial charge >= 0.3 is 0 Å². The van der Waals surface area contributed by atoms with Crippen molar-refractivity contribution in [3.05, 3.63) is 35.2 Å². The van der Waals surface area contributed by atoms with Gasteiger partial charge in [0.15, 0.2) is 0 Å². The first kappa shape index (κ1) is 10.9. The van der Waals surface area contributed by atoms with Crippen molar-refractivity contribution < 1.29 is 5.21 Å².